The van der Waals surface area contributed by atoms with Gasteiger partial charge >= 0.3 is 5.97 Å². The molecular weight excluding hydrogens is 286 g/mol. The summed E-state index contributed by atoms with van der Waals surface area (Å²) < 4.78 is 5.91. The summed E-state index contributed by atoms with van der Waals surface area (Å²) in [5.74, 6) is -0.988. The Labute approximate surface area is 127 Å². The van der Waals surface area contributed by atoms with Crippen molar-refractivity contribution in [2.45, 2.75) is 38.4 Å². The summed E-state index contributed by atoms with van der Waals surface area (Å²) in [6.45, 7) is 0.607. The van der Waals surface area contributed by atoms with Gasteiger partial charge in [-0.25, -0.2) is 9.78 Å². The Hall–Kier alpha value is -1.72. The molecule has 1 aromatic heterocycles. The molecule has 1 aliphatic rings. The number of benzene rings is 1. The third-order valence-corrected chi connectivity index (χ3v) is 4.58. The van der Waals surface area contributed by atoms with Crippen LogP contribution in [0.25, 0.3) is 10.6 Å². The summed E-state index contributed by atoms with van der Waals surface area (Å²) >= 11 is 1.35. The predicted octanol–water partition coefficient (Wildman–Crippen LogP) is 3.97. The smallest absolute Gasteiger partial charge is 0.355 e. The Kier molecular flexibility index (Phi) is 4.31. The molecule has 1 fully saturated rings. The van der Waals surface area contributed by atoms with Crippen LogP contribution in [0.3, 0.4) is 0 Å². The second-order valence-electron chi connectivity index (χ2n) is 5.26. The molecule has 0 saturated heterocycles. The highest BCUT2D eigenvalue weighted by atomic mass is 32.1. The van der Waals surface area contributed by atoms with E-state index in [0.29, 0.717) is 12.7 Å². The highest BCUT2D eigenvalue weighted by Gasteiger charge is 2.15. The Bertz CT molecular complexity index is 632. The molecule has 1 aromatic carbocycles. The molecule has 1 aliphatic carbocycles. The monoisotopic (exact) mass is 303 g/mol. The van der Waals surface area contributed by atoms with E-state index < -0.39 is 5.97 Å². The minimum Gasteiger partial charge on any atom is -0.476 e. The fraction of sp³-hybridized carbons (Fsp3) is 0.375. The molecule has 1 saturated carbocycles. The minimum absolute atomic E-state index is 0.0996. The van der Waals surface area contributed by atoms with Crippen LogP contribution in [-0.4, -0.2) is 22.2 Å². The Balaban J connectivity index is 1.70. The van der Waals surface area contributed by atoms with E-state index >= 15 is 0 Å². The highest BCUT2D eigenvalue weighted by molar-refractivity contribution is 7.13. The van der Waals surface area contributed by atoms with E-state index in [-0.39, 0.29) is 5.69 Å². The number of carboxylic acid groups (broad SMARTS) is 1. The summed E-state index contributed by atoms with van der Waals surface area (Å²) in [7, 11) is 0. The van der Waals surface area contributed by atoms with Crippen LogP contribution >= 0.6 is 11.3 Å². The topological polar surface area (TPSA) is 59.4 Å². The molecule has 0 bridgehead atoms. The van der Waals surface area contributed by atoms with E-state index in [2.05, 4.69) is 4.98 Å². The van der Waals surface area contributed by atoms with Gasteiger partial charge in [0.1, 0.15) is 5.01 Å². The molecule has 0 atom stereocenters. The molecule has 21 heavy (non-hydrogen) atoms. The molecule has 0 aliphatic heterocycles. The number of thiazole rings is 1. The zero-order valence-corrected chi connectivity index (χ0v) is 12.4. The minimum atomic E-state index is -0.988. The van der Waals surface area contributed by atoms with Crippen molar-refractivity contribution in [3.8, 4) is 10.6 Å². The van der Waals surface area contributed by atoms with Crippen LogP contribution in [0.1, 0.15) is 41.7 Å². The molecule has 1 heterocycles. The van der Waals surface area contributed by atoms with Crippen molar-refractivity contribution < 1.29 is 14.6 Å². The molecule has 0 radical (unpaired) electrons. The molecule has 0 spiro atoms. The largest absolute Gasteiger partial charge is 0.476 e. The first-order chi connectivity index (χ1) is 10.2. The first-order valence-corrected chi connectivity index (χ1v) is 8.00. The van der Waals surface area contributed by atoms with Crippen LogP contribution in [0.2, 0.25) is 0 Å². The fourth-order valence-corrected chi connectivity index (χ4v) is 3.36. The van der Waals surface area contributed by atoms with Gasteiger partial charge < -0.3 is 9.84 Å². The van der Waals surface area contributed by atoms with Crippen molar-refractivity contribution in [2.75, 3.05) is 0 Å². The number of carbonyl (C=O) groups is 1. The average Bonchev–Trinajstić information content (AvgIpc) is 3.17. The second-order valence-corrected chi connectivity index (χ2v) is 6.12. The van der Waals surface area contributed by atoms with Crippen LogP contribution in [0.15, 0.2) is 29.6 Å². The molecule has 1 N–H and O–H groups in total. The third-order valence-electron chi connectivity index (χ3n) is 3.69. The number of hydrogen-bond donors (Lipinski definition) is 1. The second kappa shape index (κ2) is 6.37. The van der Waals surface area contributed by atoms with Crippen LogP contribution in [0, 0.1) is 0 Å². The lowest BCUT2D eigenvalue weighted by molar-refractivity contribution is 0.0457. The lowest BCUT2D eigenvalue weighted by Gasteiger charge is -2.11. The first-order valence-electron chi connectivity index (χ1n) is 7.12. The Morgan fingerprint density at radius 3 is 2.90 bits per heavy atom. The number of nitrogens with zero attached hydrogens (tertiary/aromatic N) is 1. The molecule has 110 valence electrons. The summed E-state index contributed by atoms with van der Waals surface area (Å²) in [6.07, 6.45) is 5.25. The van der Waals surface area contributed by atoms with E-state index in [0.717, 1.165) is 29.0 Å². The van der Waals surface area contributed by atoms with Crippen molar-refractivity contribution >= 4 is 17.3 Å². The van der Waals surface area contributed by atoms with Gasteiger partial charge in [-0.15, -0.1) is 11.3 Å². The van der Waals surface area contributed by atoms with Crippen molar-refractivity contribution in [3.63, 3.8) is 0 Å². The van der Waals surface area contributed by atoms with E-state index in [1.165, 1.54) is 24.2 Å². The molecule has 4 nitrogen and oxygen atoms in total. The average molecular weight is 303 g/mol. The molecule has 0 amide bonds. The van der Waals surface area contributed by atoms with Crippen LogP contribution < -0.4 is 0 Å². The fourth-order valence-electron chi connectivity index (χ4n) is 2.57. The quantitative estimate of drug-likeness (QED) is 0.908. The summed E-state index contributed by atoms with van der Waals surface area (Å²) in [4.78, 5) is 15.0. The van der Waals surface area contributed by atoms with Crippen molar-refractivity contribution in [1.82, 2.24) is 4.98 Å². The van der Waals surface area contributed by atoms with E-state index in [1.807, 2.05) is 24.3 Å². The zero-order chi connectivity index (χ0) is 14.7. The van der Waals surface area contributed by atoms with Crippen LogP contribution in [0.5, 0.6) is 0 Å². The van der Waals surface area contributed by atoms with Crippen molar-refractivity contribution in [3.05, 3.63) is 40.9 Å². The van der Waals surface area contributed by atoms with Crippen LogP contribution in [0.4, 0.5) is 0 Å². The van der Waals surface area contributed by atoms with Crippen LogP contribution in [-0.2, 0) is 11.3 Å². The number of aromatic carboxylic acids is 1. The van der Waals surface area contributed by atoms with Gasteiger partial charge in [-0.05, 0) is 24.5 Å². The lowest BCUT2D eigenvalue weighted by Crippen LogP contribution is -2.07. The zero-order valence-electron chi connectivity index (χ0n) is 11.6. The standard InChI is InChI=1S/C16H17NO3S/c18-16(19)14-10-21-15(17-14)12-5-3-4-11(8-12)9-20-13-6-1-2-7-13/h3-5,8,10,13H,1-2,6-7,9H2,(H,18,19). The predicted molar refractivity (Wildman–Crippen MR) is 81.6 cm³/mol. The molecule has 2 aromatic rings. The summed E-state index contributed by atoms with van der Waals surface area (Å²) in [5, 5.41) is 11.2. The van der Waals surface area contributed by atoms with Gasteiger partial charge in [0.25, 0.3) is 0 Å². The number of carboxylic acids is 1. The number of aromatic nitrogens is 1. The SMILES string of the molecule is O=C(O)c1csc(-c2cccc(COC3CCCC3)c2)n1. The first kappa shape index (κ1) is 14.2. The maximum absolute atomic E-state index is 10.9. The van der Waals surface area contributed by atoms with E-state index in [4.69, 9.17) is 9.84 Å². The van der Waals surface area contributed by atoms with Gasteiger partial charge in [0, 0.05) is 10.9 Å². The molecule has 3 rings (SSSR count). The van der Waals surface area contributed by atoms with Gasteiger partial charge in [0.2, 0.25) is 0 Å². The maximum atomic E-state index is 10.9. The third kappa shape index (κ3) is 3.49. The molecular formula is C16H17NO3S. The van der Waals surface area contributed by atoms with Gasteiger partial charge in [0.05, 0.1) is 12.7 Å². The Morgan fingerprint density at radius 2 is 2.19 bits per heavy atom. The summed E-state index contributed by atoms with van der Waals surface area (Å²) in [6, 6.07) is 7.97. The van der Waals surface area contributed by atoms with Crippen molar-refractivity contribution in [1.29, 1.82) is 0 Å². The van der Waals surface area contributed by atoms with Gasteiger partial charge in [0.15, 0.2) is 5.69 Å². The van der Waals surface area contributed by atoms with Gasteiger partial charge in [-0.1, -0.05) is 31.0 Å². The van der Waals surface area contributed by atoms with Crippen molar-refractivity contribution in [2.24, 2.45) is 0 Å². The van der Waals surface area contributed by atoms with Gasteiger partial charge in [-0.2, -0.15) is 0 Å². The highest BCUT2D eigenvalue weighted by Crippen LogP contribution is 2.26. The number of hydrogen-bond acceptors (Lipinski definition) is 4. The number of ether oxygens (including phenoxy) is 1. The van der Waals surface area contributed by atoms with Gasteiger partial charge in [-0.3, -0.25) is 0 Å². The number of rotatable bonds is 5. The lowest BCUT2D eigenvalue weighted by atomic mass is 10.1. The normalized spacial score (nSPS) is 15.4. The molecule has 5 heteroatoms. The molecule has 0 unspecified atom stereocenters. The summed E-state index contributed by atoms with van der Waals surface area (Å²) in [5.41, 5.74) is 2.15. The van der Waals surface area contributed by atoms with E-state index in [9.17, 15) is 4.79 Å². The van der Waals surface area contributed by atoms with E-state index in [1.54, 1.807) is 5.38 Å². The Morgan fingerprint density at radius 1 is 1.38 bits per heavy atom. The maximum Gasteiger partial charge on any atom is 0.355 e.